The van der Waals surface area contributed by atoms with Crippen molar-refractivity contribution in [2.75, 3.05) is 12.9 Å². The first-order chi connectivity index (χ1) is 10.8. The number of ether oxygens (including phenoxy) is 1. The fourth-order valence-corrected chi connectivity index (χ4v) is 2.88. The minimum atomic E-state index is 0.779. The van der Waals surface area contributed by atoms with Gasteiger partial charge in [-0.05, 0) is 36.2 Å². The molecule has 1 aromatic heterocycles. The Labute approximate surface area is 133 Å². The molecule has 1 heterocycles. The second-order valence-corrected chi connectivity index (χ2v) is 5.84. The fraction of sp³-hybridized carbons (Fsp3) is 0.176. The molecule has 22 heavy (non-hydrogen) atoms. The summed E-state index contributed by atoms with van der Waals surface area (Å²) in [6.07, 6.45) is 1.01. The number of H-pyrrole nitrogens is 1. The van der Waals surface area contributed by atoms with Crippen LogP contribution >= 0.6 is 11.8 Å². The van der Waals surface area contributed by atoms with Crippen molar-refractivity contribution in [1.29, 1.82) is 0 Å². The van der Waals surface area contributed by atoms with Gasteiger partial charge in [0.2, 0.25) is 5.16 Å². The standard InChI is InChI=1S/C17H17N3OS/c1-21-15-9-7-14(8-10-15)16-18-17(20-19-16)22-12-11-13-5-3-2-4-6-13/h2-10H,11-12H2,1H3,(H,18,19,20). The number of hydrogen-bond acceptors (Lipinski definition) is 4. The summed E-state index contributed by atoms with van der Waals surface area (Å²) in [6, 6.07) is 18.2. The fourth-order valence-electron chi connectivity index (χ4n) is 2.09. The molecule has 2 aromatic carbocycles. The lowest BCUT2D eigenvalue weighted by Crippen LogP contribution is -1.88. The summed E-state index contributed by atoms with van der Waals surface area (Å²) >= 11 is 1.66. The number of nitrogens with one attached hydrogen (secondary N) is 1. The van der Waals surface area contributed by atoms with E-state index in [0.29, 0.717) is 0 Å². The summed E-state index contributed by atoms with van der Waals surface area (Å²) in [7, 11) is 1.66. The van der Waals surface area contributed by atoms with E-state index in [4.69, 9.17) is 4.74 Å². The van der Waals surface area contributed by atoms with E-state index in [2.05, 4.69) is 39.4 Å². The molecule has 5 heteroatoms. The van der Waals surface area contributed by atoms with Crippen LogP contribution in [0.5, 0.6) is 5.75 Å². The van der Waals surface area contributed by atoms with Crippen molar-refractivity contribution in [3.05, 3.63) is 60.2 Å². The summed E-state index contributed by atoms with van der Waals surface area (Å²) in [6.45, 7) is 0. The van der Waals surface area contributed by atoms with Gasteiger partial charge in [0.25, 0.3) is 0 Å². The van der Waals surface area contributed by atoms with Crippen LogP contribution in [0.2, 0.25) is 0 Å². The van der Waals surface area contributed by atoms with Gasteiger partial charge in [-0.15, -0.1) is 5.10 Å². The average molecular weight is 311 g/mol. The van der Waals surface area contributed by atoms with E-state index in [9.17, 15) is 0 Å². The zero-order valence-corrected chi connectivity index (χ0v) is 13.1. The second kappa shape index (κ2) is 7.13. The summed E-state index contributed by atoms with van der Waals surface area (Å²) in [5.74, 6) is 2.58. The molecule has 3 rings (SSSR count). The molecule has 0 unspecified atom stereocenters. The molecule has 0 saturated heterocycles. The highest BCUT2D eigenvalue weighted by atomic mass is 32.2. The summed E-state index contributed by atoms with van der Waals surface area (Å²) < 4.78 is 5.16. The van der Waals surface area contributed by atoms with Gasteiger partial charge in [0, 0.05) is 11.3 Å². The third-order valence-electron chi connectivity index (χ3n) is 3.29. The average Bonchev–Trinajstić information content (AvgIpc) is 3.05. The summed E-state index contributed by atoms with van der Waals surface area (Å²) in [5, 5.41) is 8.03. The molecule has 0 radical (unpaired) electrons. The van der Waals surface area contributed by atoms with Gasteiger partial charge in [-0.1, -0.05) is 42.1 Å². The Bertz CT molecular complexity index is 710. The van der Waals surface area contributed by atoms with Crippen LogP contribution in [0.4, 0.5) is 0 Å². The molecule has 0 aliphatic carbocycles. The Morgan fingerprint density at radius 3 is 2.55 bits per heavy atom. The zero-order valence-electron chi connectivity index (χ0n) is 12.3. The van der Waals surface area contributed by atoms with E-state index < -0.39 is 0 Å². The SMILES string of the molecule is COc1ccc(-c2nc(SCCc3ccccc3)n[nH]2)cc1. The molecule has 0 atom stereocenters. The zero-order chi connectivity index (χ0) is 15.2. The molecular weight excluding hydrogens is 294 g/mol. The van der Waals surface area contributed by atoms with Gasteiger partial charge in [0.05, 0.1) is 7.11 Å². The number of nitrogens with zero attached hydrogens (tertiary/aromatic N) is 2. The lowest BCUT2D eigenvalue weighted by molar-refractivity contribution is 0.415. The Kier molecular flexibility index (Phi) is 4.75. The highest BCUT2D eigenvalue weighted by Gasteiger charge is 2.06. The maximum atomic E-state index is 5.16. The number of aryl methyl sites for hydroxylation is 1. The minimum absolute atomic E-state index is 0.779. The predicted molar refractivity (Wildman–Crippen MR) is 89.2 cm³/mol. The van der Waals surface area contributed by atoms with Crippen LogP contribution in [0.1, 0.15) is 5.56 Å². The molecular formula is C17H17N3OS. The number of aromatic nitrogens is 3. The first kappa shape index (κ1) is 14.7. The third kappa shape index (κ3) is 3.68. The Balaban J connectivity index is 1.58. The number of rotatable bonds is 6. The van der Waals surface area contributed by atoms with Gasteiger partial charge in [-0.2, -0.15) is 0 Å². The van der Waals surface area contributed by atoms with Gasteiger partial charge in [-0.25, -0.2) is 4.98 Å². The van der Waals surface area contributed by atoms with Crippen molar-refractivity contribution in [2.24, 2.45) is 0 Å². The van der Waals surface area contributed by atoms with E-state index in [1.165, 1.54) is 5.56 Å². The van der Waals surface area contributed by atoms with Crippen molar-refractivity contribution >= 4 is 11.8 Å². The number of methoxy groups -OCH3 is 1. The monoisotopic (exact) mass is 311 g/mol. The maximum Gasteiger partial charge on any atom is 0.208 e. The normalized spacial score (nSPS) is 10.6. The van der Waals surface area contributed by atoms with Crippen molar-refractivity contribution in [1.82, 2.24) is 15.2 Å². The van der Waals surface area contributed by atoms with Gasteiger partial charge in [0.15, 0.2) is 5.82 Å². The first-order valence-corrected chi connectivity index (χ1v) is 8.07. The topological polar surface area (TPSA) is 50.8 Å². The quantitative estimate of drug-likeness (QED) is 0.703. The van der Waals surface area contributed by atoms with E-state index in [0.717, 1.165) is 34.5 Å². The van der Waals surface area contributed by atoms with E-state index >= 15 is 0 Å². The lowest BCUT2D eigenvalue weighted by Gasteiger charge is -2.00. The Morgan fingerprint density at radius 2 is 1.82 bits per heavy atom. The molecule has 0 aliphatic rings. The Morgan fingerprint density at radius 1 is 1.05 bits per heavy atom. The number of aromatic amines is 1. The number of benzene rings is 2. The third-order valence-corrected chi connectivity index (χ3v) is 4.14. The van der Waals surface area contributed by atoms with Crippen LogP contribution in [0.3, 0.4) is 0 Å². The van der Waals surface area contributed by atoms with Gasteiger partial charge >= 0.3 is 0 Å². The van der Waals surface area contributed by atoms with Gasteiger partial charge in [0.1, 0.15) is 5.75 Å². The molecule has 0 fully saturated rings. The molecule has 112 valence electrons. The van der Waals surface area contributed by atoms with Crippen molar-refractivity contribution in [2.45, 2.75) is 11.6 Å². The van der Waals surface area contributed by atoms with Crippen LogP contribution in [0, 0.1) is 0 Å². The maximum absolute atomic E-state index is 5.16. The Hall–Kier alpha value is -2.27. The van der Waals surface area contributed by atoms with E-state index in [1.807, 2.05) is 30.3 Å². The van der Waals surface area contributed by atoms with Crippen LogP contribution in [0.15, 0.2) is 59.8 Å². The summed E-state index contributed by atoms with van der Waals surface area (Å²) in [5.41, 5.74) is 2.34. The van der Waals surface area contributed by atoms with E-state index in [-0.39, 0.29) is 0 Å². The van der Waals surface area contributed by atoms with Gasteiger partial charge < -0.3 is 4.74 Å². The molecule has 4 nitrogen and oxygen atoms in total. The molecule has 0 bridgehead atoms. The number of hydrogen-bond donors (Lipinski definition) is 1. The lowest BCUT2D eigenvalue weighted by atomic mass is 10.2. The van der Waals surface area contributed by atoms with Crippen molar-refractivity contribution in [3.63, 3.8) is 0 Å². The van der Waals surface area contributed by atoms with Crippen molar-refractivity contribution in [3.8, 4) is 17.1 Å². The first-order valence-electron chi connectivity index (χ1n) is 7.09. The van der Waals surface area contributed by atoms with Gasteiger partial charge in [-0.3, -0.25) is 5.10 Å². The largest absolute Gasteiger partial charge is 0.497 e. The molecule has 1 N–H and O–H groups in total. The second-order valence-electron chi connectivity index (χ2n) is 4.78. The summed E-state index contributed by atoms with van der Waals surface area (Å²) in [4.78, 5) is 4.52. The van der Waals surface area contributed by atoms with Crippen LogP contribution < -0.4 is 4.74 Å². The predicted octanol–water partition coefficient (Wildman–Crippen LogP) is 3.82. The van der Waals surface area contributed by atoms with E-state index in [1.54, 1.807) is 18.9 Å². The minimum Gasteiger partial charge on any atom is -0.497 e. The number of thioether (sulfide) groups is 1. The molecule has 0 aliphatic heterocycles. The highest BCUT2D eigenvalue weighted by Crippen LogP contribution is 2.22. The molecule has 0 amide bonds. The molecule has 0 spiro atoms. The smallest absolute Gasteiger partial charge is 0.208 e. The molecule has 0 saturated carbocycles. The highest BCUT2D eigenvalue weighted by molar-refractivity contribution is 7.99. The van der Waals surface area contributed by atoms with Crippen LogP contribution in [-0.2, 0) is 6.42 Å². The van der Waals surface area contributed by atoms with Crippen molar-refractivity contribution < 1.29 is 4.74 Å². The van der Waals surface area contributed by atoms with Crippen LogP contribution in [-0.4, -0.2) is 28.0 Å². The van der Waals surface area contributed by atoms with Crippen LogP contribution in [0.25, 0.3) is 11.4 Å². The molecule has 3 aromatic rings.